The highest BCUT2D eigenvalue weighted by atomic mass is 35.5. The van der Waals surface area contributed by atoms with E-state index >= 15 is 0 Å². The summed E-state index contributed by atoms with van der Waals surface area (Å²) < 4.78 is 0. The van der Waals surface area contributed by atoms with Crippen molar-refractivity contribution in [1.82, 2.24) is 9.88 Å². The van der Waals surface area contributed by atoms with Gasteiger partial charge >= 0.3 is 0 Å². The number of likely N-dealkylation sites (N-methyl/N-ethyl adjacent to an activating group) is 1. The summed E-state index contributed by atoms with van der Waals surface area (Å²) in [6.07, 6.45) is 7.22. The van der Waals surface area contributed by atoms with E-state index in [0.29, 0.717) is 12.5 Å². The second-order valence-electron chi connectivity index (χ2n) is 5.90. The van der Waals surface area contributed by atoms with E-state index in [9.17, 15) is 4.79 Å². The summed E-state index contributed by atoms with van der Waals surface area (Å²) in [5.41, 5.74) is 7.05. The molecule has 1 aromatic rings. The Balaban J connectivity index is 0.00000220. The predicted molar refractivity (Wildman–Crippen MR) is 89.7 cm³/mol. The molecule has 1 amide bonds. The smallest absolute Gasteiger partial charge is 0.239 e. The third-order valence-corrected chi connectivity index (χ3v) is 4.89. The number of thiazole rings is 1. The van der Waals surface area contributed by atoms with Crippen LogP contribution in [0.1, 0.15) is 49.2 Å². The molecule has 1 aliphatic carbocycles. The highest BCUT2D eigenvalue weighted by Gasteiger charge is 2.23. The second-order valence-corrected chi connectivity index (χ2v) is 6.96. The van der Waals surface area contributed by atoms with Crippen LogP contribution in [-0.2, 0) is 11.3 Å². The Bertz CT molecular complexity index is 446. The zero-order valence-electron chi connectivity index (χ0n) is 12.9. The Labute approximate surface area is 137 Å². The van der Waals surface area contributed by atoms with Gasteiger partial charge in [0, 0.05) is 12.4 Å². The fraction of sp³-hybridized carbons (Fsp3) is 0.733. The number of aryl methyl sites for hydroxylation is 1. The molecule has 2 rings (SSSR count). The van der Waals surface area contributed by atoms with Gasteiger partial charge < -0.3 is 10.6 Å². The molecule has 1 atom stereocenters. The molecule has 1 saturated carbocycles. The van der Waals surface area contributed by atoms with Crippen LogP contribution in [-0.4, -0.2) is 28.9 Å². The topological polar surface area (TPSA) is 59.2 Å². The van der Waals surface area contributed by atoms with Gasteiger partial charge in [-0.2, -0.15) is 0 Å². The normalized spacial score (nSPS) is 17.1. The molecule has 4 nitrogen and oxygen atoms in total. The number of hydrogen-bond acceptors (Lipinski definition) is 4. The van der Waals surface area contributed by atoms with Crippen LogP contribution in [0.3, 0.4) is 0 Å². The number of amides is 1. The number of nitrogens with two attached hydrogens (primary N) is 1. The van der Waals surface area contributed by atoms with Crippen LogP contribution < -0.4 is 5.73 Å². The van der Waals surface area contributed by atoms with Gasteiger partial charge in [0.05, 0.1) is 23.3 Å². The maximum atomic E-state index is 12.3. The first-order valence-electron chi connectivity index (χ1n) is 7.48. The van der Waals surface area contributed by atoms with E-state index in [1.54, 1.807) is 16.2 Å². The fourth-order valence-corrected chi connectivity index (χ4v) is 3.57. The van der Waals surface area contributed by atoms with E-state index in [-0.39, 0.29) is 24.4 Å². The molecule has 0 aromatic carbocycles. The number of carbonyl (C=O) groups is 1. The van der Waals surface area contributed by atoms with Crippen molar-refractivity contribution >= 4 is 29.7 Å². The summed E-state index contributed by atoms with van der Waals surface area (Å²) in [4.78, 5) is 18.4. The zero-order chi connectivity index (χ0) is 14.5. The molecular weight excluding hydrogens is 306 g/mol. The number of hydrogen-bond donors (Lipinski definition) is 1. The highest BCUT2D eigenvalue weighted by Crippen LogP contribution is 2.27. The van der Waals surface area contributed by atoms with Gasteiger partial charge in [-0.15, -0.1) is 23.7 Å². The standard InChI is InChI=1S/C15H25N3OS.ClH/c1-11-17-13(10-20-11)9-18(2)15(19)14(16)8-12-6-4-3-5-7-12;/h10,12,14H,3-9,16H2,1-2H3;1H. The van der Waals surface area contributed by atoms with Gasteiger partial charge in [-0.05, 0) is 19.3 Å². The van der Waals surface area contributed by atoms with Crippen LogP contribution in [0.25, 0.3) is 0 Å². The van der Waals surface area contributed by atoms with Crippen molar-refractivity contribution in [1.29, 1.82) is 0 Å². The Morgan fingerprint density at radius 2 is 2.14 bits per heavy atom. The molecule has 6 heteroatoms. The lowest BCUT2D eigenvalue weighted by molar-refractivity contribution is -0.132. The predicted octanol–water partition coefficient (Wildman–Crippen LogP) is 3.13. The number of carbonyl (C=O) groups excluding carboxylic acids is 1. The number of aromatic nitrogens is 1. The maximum absolute atomic E-state index is 12.3. The minimum atomic E-state index is -0.358. The molecule has 0 radical (unpaired) electrons. The largest absolute Gasteiger partial charge is 0.338 e. The van der Waals surface area contributed by atoms with Crippen LogP contribution in [0.2, 0.25) is 0 Å². The van der Waals surface area contributed by atoms with Gasteiger partial charge in [0.25, 0.3) is 0 Å². The van der Waals surface area contributed by atoms with Crippen LogP contribution >= 0.6 is 23.7 Å². The maximum Gasteiger partial charge on any atom is 0.239 e. The van der Waals surface area contributed by atoms with Gasteiger partial charge in [-0.25, -0.2) is 4.98 Å². The van der Waals surface area contributed by atoms with Gasteiger partial charge in [0.1, 0.15) is 0 Å². The third-order valence-electron chi connectivity index (χ3n) is 4.07. The van der Waals surface area contributed by atoms with E-state index in [1.807, 2.05) is 19.4 Å². The van der Waals surface area contributed by atoms with Gasteiger partial charge in [-0.3, -0.25) is 4.79 Å². The van der Waals surface area contributed by atoms with Gasteiger partial charge in [0.2, 0.25) is 5.91 Å². The summed E-state index contributed by atoms with van der Waals surface area (Å²) in [6.45, 7) is 2.53. The fourth-order valence-electron chi connectivity index (χ4n) is 2.97. The Hall–Kier alpha value is -0.650. The number of nitrogens with zero attached hydrogens (tertiary/aromatic N) is 2. The minimum absolute atomic E-state index is 0. The number of halogens is 1. The van der Waals surface area contributed by atoms with Gasteiger partial charge in [0.15, 0.2) is 0 Å². The van der Waals surface area contributed by atoms with Crippen molar-refractivity contribution in [3.05, 3.63) is 16.1 Å². The molecule has 0 bridgehead atoms. The summed E-state index contributed by atoms with van der Waals surface area (Å²) in [5.74, 6) is 0.679. The van der Waals surface area contributed by atoms with Crippen LogP contribution in [0.5, 0.6) is 0 Å². The van der Waals surface area contributed by atoms with Crippen molar-refractivity contribution in [3.63, 3.8) is 0 Å². The SMILES string of the molecule is Cc1nc(CN(C)C(=O)C(N)CC2CCCCC2)cs1.Cl. The van der Waals surface area contributed by atoms with Crippen LogP contribution in [0.15, 0.2) is 5.38 Å². The Morgan fingerprint density at radius 3 is 2.71 bits per heavy atom. The highest BCUT2D eigenvalue weighted by molar-refractivity contribution is 7.09. The molecule has 2 N–H and O–H groups in total. The van der Waals surface area contributed by atoms with Gasteiger partial charge in [-0.1, -0.05) is 32.1 Å². The Morgan fingerprint density at radius 1 is 1.48 bits per heavy atom. The molecule has 1 unspecified atom stereocenters. The zero-order valence-corrected chi connectivity index (χ0v) is 14.5. The first kappa shape index (κ1) is 18.4. The average Bonchev–Trinajstić information content (AvgIpc) is 2.84. The van der Waals surface area contributed by atoms with Crippen LogP contribution in [0.4, 0.5) is 0 Å². The molecule has 0 spiro atoms. The quantitative estimate of drug-likeness (QED) is 0.901. The van der Waals surface area contributed by atoms with E-state index in [2.05, 4.69) is 4.98 Å². The van der Waals surface area contributed by atoms with Crippen molar-refractivity contribution in [2.75, 3.05) is 7.05 Å². The monoisotopic (exact) mass is 331 g/mol. The molecule has 0 saturated heterocycles. The Kier molecular flexibility index (Phi) is 7.63. The molecule has 1 aliphatic rings. The summed E-state index contributed by atoms with van der Waals surface area (Å²) in [7, 11) is 1.82. The first-order chi connectivity index (χ1) is 9.56. The summed E-state index contributed by atoms with van der Waals surface area (Å²) >= 11 is 1.61. The number of rotatable bonds is 5. The molecule has 21 heavy (non-hydrogen) atoms. The third kappa shape index (κ3) is 5.57. The van der Waals surface area contributed by atoms with Crippen molar-refractivity contribution < 1.29 is 4.79 Å². The molecule has 0 aliphatic heterocycles. The van der Waals surface area contributed by atoms with E-state index in [1.165, 1.54) is 32.1 Å². The second kappa shape index (κ2) is 8.71. The lowest BCUT2D eigenvalue weighted by Crippen LogP contribution is -2.42. The molecule has 120 valence electrons. The minimum Gasteiger partial charge on any atom is -0.338 e. The molecular formula is C15H26ClN3OS. The molecule has 1 heterocycles. The summed E-state index contributed by atoms with van der Waals surface area (Å²) in [6, 6.07) is -0.358. The summed E-state index contributed by atoms with van der Waals surface area (Å²) in [5, 5.41) is 3.04. The van der Waals surface area contributed by atoms with Crippen molar-refractivity contribution in [2.24, 2.45) is 11.7 Å². The van der Waals surface area contributed by atoms with Crippen molar-refractivity contribution in [3.8, 4) is 0 Å². The van der Waals surface area contributed by atoms with Crippen molar-refractivity contribution in [2.45, 2.75) is 58.0 Å². The van der Waals surface area contributed by atoms with E-state index in [0.717, 1.165) is 17.1 Å². The van der Waals surface area contributed by atoms with E-state index in [4.69, 9.17) is 5.73 Å². The van der Waals surface area contributed by atoms with Crippen LogP contribution in [0, 0.1) is 12.8 Å². The average molecular weight is 332 g/mol. The van der Waals surface area contributed by atoms with E-state index < -0.39 is 0 Å². The molecule has 1 aromatic heterocycles. The molecule has 1 fully saturated rings. The lowest BCUT2D eigenvalue weighted by Gasteiger charge is -2.26. The lowest BCUT2D eigenvalue weighted by atomic mass is 9.85. The first-order valence-corrected chi connectivity index (χ1v) is 8.36.